The van der Waals surface area contributed by atoms with E-state index in [1.807, 2.05) is 10.9 Å². The minimum absolute atomic E-state index is 0.0558. The van der Waals surface area contributed by atoms with Crippen molar-refractivity contribution in [3.8, 4) is 28.7 Å². The summed E-state index contributed by atoms with van der Waals surface area (Å²) in [5.74, 6) is 5.27. The fourth-order valence-corrected chi connectivity index (χ4v) is 3.66. The largest absolute Gasteiger partial charge is 0.485 e. The smallest absolute Gasteiger partial charge is 0.166 e. The zero-order chi connectivity index (χ0) is 25.9. The van der Waals surface area contributed by atoms with Gasteiger partial charge in [-0.15, -0.1) is 0 Å². The summed E-state index contributed by atoms with van der Waals surface area (Å²) in [7, 11) is 2.12. The summed E-state index contributed by atoms with van der Waals surface area (Å²) >= 11 is 0. The first kappa shape index (κ1) is 21.1. The van der Waals surface area contributed by atoms with Crippen molar-refractivity contribution in [3.63, 3.8) is 0 Å². The second-order valence-electron chi connectivity index (χ2n) is 8.79. The number of rotatable bonds is 6. The van der Waals surface area contributed by atoms with Crippen LogP contribution in [0.3, 0.4) is 0 Å². The van der Waals surface area contributed by atoms with Crippen molar-refractivity contribution >= 4 is 5.82 Å². The first-order valence-corrected chi connectivity index (χ1v) is 11.2. The van der Waals surface area contributed by atoms with Crippen molar-refractivity contribution < 1.29 is 17.0 Å². The molecule has 1 unspecified atom stereocenters. The molecule has 1 saturated heterocycles. The van der Waals surface area contributed by atoms with Crippen LogP contribution in [0.25, 0.3) is 11.1 Å². The molecule has 0 aliphatic carbocycles. The minimum atomic E-state index is -2.26. The normalized spacial score (nSPS) is 17.8. The summed E-state index contributed by atoms with van der Waals surface area (Å²) in [5, 5.41) is 14.3. The van der Waals surface area contributed by atoms with Crippen molar-refractivity contribution in [1.29, 1.82) is 0 Å². The predicted molar refractivity (Wildman–Crippen MR) is 130 cm³/mol. The van der Waals surface area contributed by atoms with Gasteiger partial charge in [-0.1, -0.05) is 24.0 Å². The number of piperidine rings is 1. The van der Waals surface area contributed by atoms with E-state index in [0.29, 0.717) is 17.2 Å². The molecule has 0 amide bonds. The average Bonchev–Trinajstić information content (AvgIpc) is 3.35. The maximum atomic E-state index is 12.8. The van der Waals surface area contributed by atoms with Gasteiger partial charge in [0.2, 0.25) is 0 Å². The number of alkyl halides is 1. The van der Waals surface area contributed by atoms with Crippen LogP contribution in [-0.4, -0.2) is 57.2 Å². The fourth-order valence-electron chi connectivity index (χ4n) is 3.66. The summed E-state index contributed by atoms with van der Waals surface area (Å²) in [5.41, 5.74) is 6.39. The number of nitrogen functional groups attached to an aromatic ring is 1. The number of benzene rings is 1. The Morgan fingerprint density at radius 3 is 2.85 bits per heavy atom. The number of likely N-dealkylation sites (tertiary alicyclic amines) is 1. The number of aromatic nitrogens is 3. The third-order valence-electron chi connectivity index (χ3n) is 5.76. The molecule has 0 bridgehead atoms. The van der Waals surface area contributed by atoms with Gasteiger partial charge in [0.05, 0.1) is 15.0 Å². The van der Waals surface area contributed by atoms with E-state index in [4.69, 9.17) is 13.2 Å². The van der Waals surface area contributed by atoms with Crippen molar-refractivity contribution in [2.45, 2.75) is 38.0 Å². The van der Waals surface area contributed by atoms with E-state index < -0.39 is 18.8 Å². The average molecular weight is 466 g/mol. The van der Waals surface area contributed by atoms with Crippen LogP contribution < -0.4 is 10.5 Å². The van der Waals surface area contributed by atoms with E-state index in [0.717, 1.165) is 31.5 Å². The summed E-state index contributed by atoms with van der Waals surface area (Å²) < 4.78 is 37.5. The van der Waals surface area contributed by atoms with Crippen molar-refractivity contribution in [1.82, 2.24) is 19.7 Å². The predicted octanol–water partition coefficient (Wildman–Crippen LogP) is 3.45. The van der Waals surface area contributed by atoms with E-state index in [1.165, 1.54) is 13.0 Å². The fraction of sp³-hybridized carbons (Fsp3) is 0.385. The van der Waals surface area contributed by atoms with Crippen LogP contribution >= 0.6 is 0 Å². The Morgan fingerprint density at radius 1 is 1.29 bits per heavy atom. The van der Waals surface area contributed by atoms with Gasteiger partial charge in [-0.2, -0.15) is 5.10 Å². The molecule has 7 nitrogen and oxygen atoms in total. The lowest BCUT2D eigenvalue weighted by molar-refractivity contribution is 0.0905. The Hall–Kier alpha value is -3.41. The third-order valence-corrected chi connectivity index (χ3v) is 5.76. The van der Waals surface area contributed by atoms with Crippen LogP contribution in [-0.2, 0) is 6.56 Å². The molecule has 34 heavy (non-hydrogen) atoms. The summed E-state index contributed by atoms with van der Waals surface area (Å²) in [6, 6.07) is 8.28. The minimum Gasteiger partial charge on any atom is -0.485 e. The highest BCUT2D eigenvalue weighted by atomic mass is 19.1. The Morgan fingerprint density at radius 2 is 2.09 bits per heavy atom. The Balaban J connectivity index is 1.54. The number of aliphatic hydroxyl groups is 1. The van der Waals surface area contributed by atoms with Crippen molar-refractivity contribution in [2.75, 3.05) is 32.5 Å². The third kappa shape index (κ3) is 5.93. The number of nitrogens with zero attached hydrogens (tertiary/aromatic N) is 4. The lowest BCUT2D eigenvalue weighted by Gasteiger charge is -2.28. The molecule has 1 aliphatic rings. The molecule has 8 heteroatoms. The number of halogens is 1. The van der Waals surface area contributed by atoms with E-state index >= 15 is 0 Å². The van der Waals surface area contributed by atoms with Crippen LogP contribution in [0.4, 0.5) is 10.2 Å². The second kappa shape index (κ2) is 10.2. The number of anilines is 1. The summed E-state index contributed by atoms with van der Waals surface area (Å²) in [4.78, 5) is 6.51. The molecule has 3 heterocycles. The van der Waals surface area contributed by atoms with Crippen LogP contribution in [0.15, 0.2) is 48.9 Å². The molecular weight excluding hydrogens is 433 g/mol. The second-order valence-corrected chi connectivity index (χ2v) is 8.79. The number of nitrogens with two attached hydrogens (primary N) is 1. The quantitative estimate of drug-likeness (QED) is 0.542. The Kier molecular flexibility index (Phi) is 6.37. The molecule has 0 saturated carbocycles. The SMILES string of the molecule is [2H]C([2H])(Oc1cc(-c2cnn(C3CCN(C)CC3)c2)cnc1N)c1cccc(C#CC(C)(O)CF)c1. The molecule has 3 N–H and O–H groups in total. The highest BCUT2D eigenvalue weighted by Gasteiger charge is 2.19. The highest BCUT2D eigenvalue weighted by Crippen LogP contribution is 2.29. The highest BCUT2D eigenvalue weighted by molar-refractivity contribution is 5.65. The number of hydrogen-bond donors (Lipinski definition) is 2. The molecular formula is C26H30FN5O2. The van der Waals surface area contributed by atoms with Gasteiger partial charge >= 0.3 is 0 Å². The van der Waals surface area contributed by atoms with Gasteiger partial charge < -0.3 is 20.5 Å². The molecule has 178 valence electrons. The summed E-state index contributed by atoms with van der Waals surface area (Å²) in [6.07, 6.45) is 7.40. The van der Waals surface area contributed by atoms with Gasteiger partial charge in [-0.25, -0.2) is 9.37 Å². The number of pyridine rings is 1. The van der Waals surface area contributed by atoms with Crippen LogP contribution in [0.1, 0.15) is 39.7 Å². The molecule has 1 aromatic carbocycles. The topological polar surface area (TPSA) is 89.4 Å². The van der Waals surface area contributed by atoms with E-state index in [-0.39, 0.29) is 17.1 Å². The van der Waals surface area contributed by atoms with Gasteiger partial charge in [0.1, 0.15) is 13.2 Å². The van der Waals surface area contributed by atoms with Gasteiger partial charge in [0, 0.05) is 29.1 Å². The van der Waals surface area contributed by atoms with Gasteiger partial charge in [0.15, 0.2) is 17.2 Å². The zero-order valence-electron chi connectivity index (χ0n) is 21.3. The van der Waals surface area contributed by atoms with Gasteiger partial charge in [-0.05, 0) is 63.7 Å². The lowest BCUT2D eigenvalue weighted by Crippen LogP contribution is -2.31. The van der Waals surface area contributed by atoms with Gasteiger partial charge in [0.25, 0.3) is 0 Å². The standard InChI is InChI=1S/C26H30FN5O2/c1-26(33,18-27)9-6-19-4-3-5-20(12-19)17-34-24-13-21(14-29-25(24)28)22-15-30-32(16-22)23-7-10-31(2)11-8-23/h3-5,12-16,23,33H,7-8,10-11,17-18H2,1-2H3,(H2,28,29)/i17D2. The molecule has 0 spiro atoms. The maximum Gasteiger partial charge on any atom is 0.166 e. The summed E-state index contributed by atoms with van der Waals surface area (Å²) in [6.45, 7) is 0.0548. The Bertz CT molecular complexity index is 1280. The van der Waals surface area contributed by atoms with Crippen LogP contribution in [0.5, 0.6) is 5.75 Å². The van der Waals surface area contributed by atoms with Crippen molar-refractivity contribution in [3.05, 3.63) is 60.0 Å². The molecule has 3 aromatic rings. The molecule has 2 aromatic heterocycles. The number of hydrogen-bond acceptors (Lipinski definition) is 6. The zero-order valence-corrected chi connectivity index (χ0v) is 19.3. The first-order chi connectivity index (χ1) is 17.1. The van der Waals surface area contributed by atoms with Gasteiger partial charge in [-0.3, -0.25) is 4.68 Å². The monoisotopic (exact) mass is 465 g/mol. The maximum absolute atomic E-state index is 12.8. The molecule has 0 radical (unpaired) electrons. The number of ether oxygens (including phenoxy) is 1. The van der Waals surface area contributed by atoms with E-state index in [2.05, 4.69) is 33.9 Å². The van der Waals surface area contributed by atoms with Crippen LogP contribution in [0.2, 0.25) is 0 Å². The molecule has 1 fully saturated rings. The van der Waals surface area contributed by atoms with Crippen LogP contribution in [0, 0.1) is 11.8 Å². The first-order valence-electron chi connectivity index (χ1n) is 12.2. The van der Waals surface area contributed by atoms with E-state index in [9.17, 15) is 9.50 Å². The Labute approximate surface area is 202 Å². The molecule has 1 aliphatic heterocycles. The van der Waals surface area contributed by atoms with E-state index in [1.54, 1.807) is 36.7 Å². The molecule has 1 atom stereocenters. The molecule has 4 rings (SSSR count). The lowest BCUT2D eigenvalue weighted by atomic mass is 10.1. The van der Waals surface area contributed by atoms with Crippen molar-refractivity contribution in [2.24, 2.45) is 0 Å².